The number of hydroxylamine groups is 1. The van der Waals surface area contributed by atoms with E-state index < -0.39 is 0 Å². The standard InChI is InChI=1S/C10H12N2O/c1-8-3-2-4-9(7-8)11-10-5-6-13-12-10/h2-4,7H,5-6H2,1H3,(H,11,12). The quantitative estimate of drug-likeness (QED) is 0.709. The number of benzene rings is 1. The Labute approximate surface area is 77.4 Å². The molecule has 0 saturated carbocycles. The van der Waals surface area contributed by atoms with Gasteiger partial charge in [-0.05, 0) is 24.6 Å². The average molecular weight is 176 g/mol. The van der Waals surface area contributed by atoms with Crippen molar-refractivity contribution in [3.63, 3.8) is 0 Å². The summed E-state index contributed by atoms with van der Waals surface area (Å²) >= 11 is 0. The summed E-state index contributed by atoms with van der Waals surface area (Å²) in [5.74, 6) is 0.908. The molecule has 0 amide bonds. The summed E-state index contributed by atoms with van der Waals surface area (Å²) in [7, 11) is 0. The normalized spacial score (nSPS) is 19.0. The summed E-state index contributed by atoms with van der Waals surface area (Å²) in [5, 5.41) is 0. The van der Waals surface area contributed by atoms with Crippen LogP contribution in [0.5, 0.6) is 0 Å². The molecule has 0 unspecified atom stereocenters. The predicted octanol–water partition coefficient (Wildman–Crippen LogP) is 1.95. The predicted molar refractivity (Wildman–Crippen MR) is 52.0 cm³/mol. The van der Waals surface area contributed by atoms with Crippen molar-refractivity contribution in [1.29, 1.82) is 0 Å². The zero-order valence-corrected chi connectivity index (χ0v) is 7.58. The van der Waals surface area contributed by atoms with Crippen LogP contribution >= 0.6 is 0 Å². The molecule has 3 heteroatoms. The van der Waals surface area contributed by atoms with Gasteiger partial charge in [-0.25, -0.2) is 4.99 Å². The molecule has 3 nitrogen and oxygen atoms in total. The van der Waals surface area contributed by atoms with E-state index in [0.717, 1.165) is 17.9 Å². The number of hydrogen-bond donors (Lipinski definition) is 1. The fourth-order valence-corrected chi connectivity index (χ4v) is 1.27. The lowest BCUT2D eigenvalue weighted by atomic mass is 10.2. The van der Waals surface area contributed by atoms with Gasteiger partial charge < -0.3 is 0 Å². The third kappa shape index (κ3) is 2.06. The summed E-state index contributed by atoms with van der Waals surface area (Å²) < 4.78 is 0. The molecule has 1 N–H and O–H groups in total. The van der Waals surface area contributed by atoms with Gasteiger partial charge in [-0.3, -0.25) is 10.3 Å². The van der Waals surface area contributed by atoms with Gasteiger partial charge in [0.25, 0.3) is 0 Å². The van der Waals surface area contributed by atoms with Crippen molar-refractivity contribution >= 4 is 11.5 Å². The van der Waals surface area contributed by atoms with Crippen LogP contribution in [0.2, 0.25) is 0 Å². The Morgan fingerprint density at radius 1 is 1.46 bits per heavy atom. The van der Waals surface area contributed by atoms with E-state index in [9.17, 15) is 0 Å². The van der Waals surface area contributed by atoms with E-state index in [4.69, 9.17) is 4.84 Å². The summed E-state index contributed by atoms with van der Waals surface area (Å²) in [6, 6.07) is 8.10. The maximum atomic E-state index is 4.98. The highest BCUT2D eigenvalue weighted by molar-refractivity contribution is 5.85. The fourth-order valence-electron chi connectivity index (χ4n) is 1.27. The molecule has 0 aliphatic carbocycles. The van der Waals surface area contributed by atoms with Crippen LogP contribution < -0.4 is 5.48 Å². The summed E-state index contributed by atoms with van der Waals surface area (Å²) in [6.07, 6.45) is 0.869. The number of amidine groups is 1. The van der Waals surface area contributed by atoms with Gasteiger partial charge >= 0.3 is 0 Å². The highest BCUT2D eigenvalue weighted by Crippen LogP contribution is 2.14. The molecule has 1 aromatic rings. The molecule has 0 aromatic heterocycles. The summed E-state index contributed by atoms with van der Waals surface area (Å²) in [6.45, 7) is 2.77. The Morgan fingerprint density at radius 2 is 2.38 bits per heavy atom. The molecule has 0 spiro atoms. The number of nitrogens with one attached hydrogen (secondary N) is 1. The maximum absolute atomic E-state index is 4.98. The van der Waals surface area contributed by atoms with Gasteiger partial charge in [0, 0.05) is 6.42 Å². The van der Waals surface area contributed by atoms with Gasteiger partial charge in [0.05, 0.1) is 12.3 Å². The molecule has 1 fully saturated rings. The zero-order valence-electron chi connectivity index (χ0n) is 7.58. The highest BCUT2D eigenvalue weighted by Gasteiger charge is 2.06. The molecule has 2 rings (SSSR count). The van der Waals surface area contributed by atoms with Crippen LogP contribution in [0.3, 0.4) is 0 Å². The van der Waals surface area contributed by atoms with Crippen LogP contribution in [0.15, 0.2) is 29.3 Å². The van der Waals surface area contributed by atoms with Gasteiger partial charge in [0.15, 0.2) is 0 Å². The smallest absolute Gasteiger partial charge is 0.128 e. The van der Waals surface area contributed by atoms with Crippen LogP contribution in [0.4, 0.5) is 5.69 Å². The molecule has 1 heterocycles. The first kappa shape index (κ1) is 8.26. The van der Waals surface area contributed by atoms with Crippen LogP contribution in [0.25, 0.3) is 0 Å². The monoisotopic (exact) mass is 176 g/mol. The Hall–Kier alpha value is -1.35. The van der Waals surface area contributed by atoms with E-state index in [1.165, 1.54) is 5.56 Å². The van der Waals surface area contributed by atoms with Gasteiger partial charge in [0.2, 0.25) is 0 Å². The number of aryl methyl sites for hydroxylation is 1. The average Bonchev–Trinajstić information content (AvgIpc) is 2.57. The molecule has 13 heavy (non-hydrogen) atoms. The zero-order chi connectivity index (χ0) is 9.10. The summed E-state index contributed by atoms with van der Waals surface area (Å²) in [4.78, 5) is 9.38. The topological polar surface area (TPSA) is 33.6 Å². The second-order valence-electron chi connectivity index (χ2n) is 3.10. The lowest BCUT2D eigenvalue weighted by Gasteiger charge is -1.98. The molecular weight excluding hydrogens is 164 g/mol. The third-order valence-corrected chi connectivity index (χ3v) is 1.90. The van der Waals surface area contributed by atoms with Crippen LogP contribution in [0.1, 0.15) is 12.0 Å². The number of nitrogens with zero attached hydrogens (tertiary/aromatic N) is 1. The molecule has 1 saturated heterocycles. The van der Waals surface area contributed by atoms with Crippen molar-refractivity contribution in [2.75, 3.05) is 6.61 Å². The maximum Gasteiger partial charge on any atom is 0.128 e. The van der Waals surface area contributed by atoms with E-state index in [2.05, 4.69) is 23.5 Å². The minimum absolute atomic E-state index is 0.713. The molecular formula is C10H12N2O. The van der Waals surface area contributed by atoms with Crippen LogP contribution in [0, 0.1) is 6.92 Å². The van der Waals surface area contributed by atoms with Gasteiger partial charge in [-0.1, -0.05) is 12.1 Å². The van der Waals surface area contributed by atoms with Gasteiger partial charge in [0.1, 0.15) is 5.84 Å². The molecule has 1 aliphatic heterocycles. The molecule has 0 radical (unpaired) electrons. The molecule has 0 bridgehead atoms. The van der Waals surface area contributed by atoms with Crippen molar-refractivity contribution in [3.8, 4) is 0 Å². The molecule has 0 atom stereocenters. The second-order valence-corrected chi connectivity index (χ2v) is 3.10. The SMILES string of the molecule is Cc1cccc(N=C2CCON2)c1. The molecule has 1 aromatic carbocycles. The largest absolute Gasteiger partial charge is 0.275 e. The van der Waals surface area contributed by atoms with Gasteiger partial charge in [-0.2, -0.15) is 0 Å². The lowest BCUT2D eigenvalue weighted by Crippen LogP contribution is -2.11. The Morgan fingerprint density at radius 3 is 3.08 bits per heavy atom. The molecule has 1 aliphatic rings. The number of rotatable bonds is 1. The minimum Gasteiger partial charge on any atom is -0.275 e. The molecule has 68 valence electrons. The Bertz CT molecular complexity index is 325. The van der Waals surface area contributed by atoms with Crippen LogP contribution in [-0.4, -0.2) is 12.4 Å². The highest BCUT2D eigenvalue weighted by atomic mass is 16.7. The first-order valence-corrected chi connectivity index (χ1v) is 4.36. The van der Waals surface area contributed by atoms with E-state index in [1.807, 2.05) is 18.2 Å². The minimum atomic E-state index is 0.713. The van der Waals surface area contributed by atoms with Crippen LogP contribution in [-0.2, 0) is 4.84 Å². The number of hydrogen-bond acceptors (Lipinski definition) is 2. The fraction of sp³-hybridized carbons (Fsp3) is 0.300. The van der Waals surface area contributed by atoms with Gasteiger partial charge in [-0.15, -0.1) is 0 Å². The van der Waals surface area contributed by atoms with E-state index >= 15 is 0 Å². The second kappa shape index (κ2) is 3.58. The van der Waals surface area contributed by atoms with Crippen molar-refractivity contribution in [2.24, 2.45) is 4.99 Å². The van der Waals surface area contributed by atoms with Crippen molar-refractivity contribution in [2.45, 2.75) is 13.3 Å². The van der Waals surface area contributed by atoms with Crippen molar-refractivity contribution in [1.82, 2.24) is 5.48 Å². The van der Waals surface area contributed by atoms with Crippen molar-refractivity contribution < 1.29 is 4.84 Å². The lowest BCUT2D eigenvalue weighted by molar-refractivity contribution is 0.122. The summed E-state index contributed by atoms with van der Waals surface area (Å²) in [5.41, 5.74) is 4.98. The Balaban J connectivity index is 2.21. The van der Waals surface area contributed by atoms with Crippen molar-refractivity contribution in [3.05, 3.63) is 29.8 Å². The third-order valence-electron chi connectivity index (χ3n) is 1.90. The first-order chi connectivity index (χ1) is 6.34. The Kier molecular flexibility index (Phi) is 2.27. The number of aliphatic imine (C=N–C) groups is 1. The van der Waals surface area contributed by atoms with E-state index in [0.29, 0.717) is 6.61 Å². The first-order valence-electron chi connectivity index (χ1n) is 4.36. The van der Waals surface area contributed by atoms with E-state index in [1.54, 1.807) is 0 Å². The van der Waals surface area contributed by atoms with E-state index in [-0.39, 0.29) is 0 Å².